The number of carbonyl (C=O) groups excluding carboxylic acids is 1. The molecule has 19 heavy (non-hydrogen) atoms. The zero-order valence-corrected chi connectivity index (χ0v) is 12.9. The second-order valence-corrected chi connectivity index (χ2v) is 7.17. The maximum atomic E-state index is 11.7. The van der Waals surface area contributed by atoms with Crippen molar-refractivity contribution >= 4 is 5.97 Å². The van der Waals surface area contributed by atoms with E-state index in [0.717, 1.165) is 6.04 Å². The van der Waals surface area contributed by atoms with E-state index in [0.29, 0.717) is 24.9 Å². The van der Waals surface area contributed by atoms with E-state index in [9.17, 15) is 4.79 Å². The number of fused-ring (bicyclic) bond motifs is 1. The van der Waals surface area contributed by atoms with Crippen LogP contribution >= 0.6 is 0 Å². The van der Waals surface area contributed by atoms with Gasteiger partial charge in [0.15, 0.2) is 0 Å². The minimum absolute atomic E-state index is 0.00872. The minimum Gasteiger partial charge on any atom is -0.465 e. The molecule has 2 fully saturated rings. The van der Waals surface area contributed by atoms with Crippen LogP contribution in [-0.2, 0) is 9.53 Å². The molecule has 0 aromatic heterocycles. The lowest BCUT2D eigenvalue weighted by atomic mass is 9.82. The van der Waals surface area contributed by atoms with E-state index in [2.05, 4.69) is 20.9 Å². The standard InChI is InChI=1S/C16H30NO2/c1-13(2)11-16(18)19-12-14-7-6-10-17(3)9-5-4-8-15(14)17/h13-15H,4-12H2,1-3H3/q+1/t14-,15-,17+/m0/s1. The van der Waals surface area contributed by atoms with Crippen LogP contribution in [0.4, 0.5) is 0 Å². The summed E-state index contributed by atoms with van der Waals surface area (Å²) >= 11 is 0. The normalized spacial score (nSPS) is 34.9. The van der Waals surface area contributed by atoms with Crippen molar-refractivity contribution < 1.29 is 14.0 Å². The molecule has 2 rings (SSSR count). The molecule has 2 saturated heterocycles. The number of rotatable bonds is 4. The largest absolute Gasteiger partial charge is 0.465 e. The SMILES string of the molecule is CC(C)CC(=O)OC[C@@H]1CCC[N@@+]2(C)CCCC[C@@H]12. The van der Waals surface area contributed by atoms with Crippen molar-refractivity contribution in [3.8, 4) is 0 Å². The Morgan fingerprint density at radius 1 is 1.21 bits per heavy atom. The van der Waals surface area contributed by atoms with Crippen LogP contribution in [0.2, 0.25) is 0 Å². The summed E-state index contributed by atoms with van der Waals surface area (Å²) in [7, 11) is 2.41. The Bertz CT molecular complexity index is 312. The predicted molar refractivity (Wildman–Crippen MR) is 76.7 cm³/mol. The first-order valence-electron chi connectivity index (χ1n) is 8.01. The van der Waals surface area contributed by atoms with E-state index in [1.54, 1.807) is 0 Å². The molecule has 0 aromatic rings. The van der Waals surface area contributed by atoms with Crippen molar-refractivity contribution in [2.24, 2.45) is 11.8 Å². The molecular formula is C16H30NO2+. The van der Waals surface area contributed by atoms with Gasteiger partial charge in [0.2, 0.25) is 0 Å². The molecule has 110 valence electrons. The van der Waals surface area contributed by atoms with Crippen LogP contribution < -0.4 is 0 Å². The summed E-state index contributed by atoms with van der Waals surface area (Å²) in [4.78, 5) is 11.7. The number of ether oxygens (including phenoxy) is 1. The average molecular weight is 268 g/mol. The second-order valence-electron chi connectivity index (χ2n) is 7.17. The van der Waals surface area contributed by atoms with Crippen molar-refractivity contribution in [3.05, 3.63) is 0 Å². The third kappa shape index (κ3) is 3.71. The number of esters is 1. The monoisotopic (exact) mass is 268 g/mol. The Hall–Kier alpha value is -0.570. The Morgan fingerprint density at radius 2 is 1.95 bits per heavy atom. The fraction of sp³-hybridized carbons (Fsp3) is 0.938. The highest BCUT2D eigenvalue weighted by Gasteiger charge is 2.43. The van der Waals surface area contributed by atoms with E-state index in [4.69, 9.17) is 4.74 Å². The van der Waals surface area contributed by atoms with Crippen molar-refractivity contribution in [1.82, 2.24) is 0 Å². The lowest BCUT2D eigenvalue weighted by Gasteiger charge is -2.51. The first kappa shape index (κ1) is 14.8. The zero-order chi connectivity index (χ0) is 13.9. The third-order valence-electron chi connectivity index (χ3n) is 5.04. The van der Waals surface area contributed by atoms with Crippen LogP contribution in [0.1, 0.15) is 52.4 Å². The first-order valence-corrected chi connectivity index (χ1v) is 8.01. The van der Waals surface area contributed by atoms with Crippen molar-refractivity contribution in [2.75, 3.05) is 26.7 Å². The summed E-state index contributed by atoms with van der Waals surface area (Å²) < 4.78 is 6.77. The van der Waals surface area contributed by atoms with Crippen LogP contribution in [0, 0.1) is 11.8 Å². The highest BCUT2D eigenvalue weighted by molar-refractivity contribution is 5.69. The molecule has 0 spiro atoms. The Kier molecular flexibility index (Phi) is 4.88. The van der Waals surface area contributed by atoms with E-state index in [1.807, 2.05) is 0 Å². The van der Waals surface area contributed by atoms with Crippen LogP contribution in [0.25, 0.3) is 0 Å². The van der Waals surface area contributed by atoms with Gasteiger partial charge >= 0.3 is 5.97 Å². The van der Waals surface area contributed by atoms with Crippen molar-refractivity contribution in [1.29, 1.82) is 0 Å². The first-order chi connectivity index (χ1) is 9.01. The van der Waals surface area contributed by atoms with Gasteiger partial charge in [0.05, 0.1) is 32.8 Å². The van der Waals surface area contributed by atoms with Crippen molar-refractivity contribution in [3.63, 3.8) is 0 Å². The van der Waals surface area contributed by atoms with Gasteiger partial charge in [-0.3, -0.25) is 4.79 Å². The molecule has 3 nitrogen and oxygen atoms in total. The second kappa shape index (κ2) is 6.25. The van der Waals surface area contributed by atoms with Gasteiger partial charge in [-0.05, 0) is 31.6 Å². The van der Waals surface area contributed by atoms with E-state index in [1.165, 1.54) is 49.7 Å². The maximum Gasteiger partial charge on any atom is 0.306 e. The molecule has 0 aromatic carbocycles. The Morgan fingerprint density at radius 3 is 2.68 bits per heavy atom. The Labute approximate surface area is 117 Å². The summed E-state index contributed by atoms with van der Waals surface area (Å²) in [6, 6.07) is 0.731. The summed E-state index contributed by atoms with van der Waals surface area (Å²) in [5.74, 6) is 0.982. The summed E-state index contributed by atoms with van der Waals surface area (Å²) in [6.07, 6.45) is 7.14. The maximum absolute atomic E-state index is 11.7. The molecule has 0 radical (unpaired) electrons. The van der Waals surface area contributed by atoms with Gasteiger partial charge in [-0.1, -0.05) is 13.8 Å². The molecule has 3 atom stereocenters. The number of carbonyl (C=O) groups is 1. The predicted octanol–water partition coefficient (Wildman–Crippen LogP) is 2.98. The van der Waals surface area contributed by atoms with E-state index in [-0.39, 0.29) is 5.97 Å². The van der Waals surface area contributed by atoms with Gasteiger partial charge < -0.3 is 9.22 Å². The number of quaternary nitrogens is 1. The lowest BCUT2D eigenvalue weighted by molar-refractivity contribution is -0.947. The number of nitrogens with zero attached hydrogens (tertiary/aromatic N) is 1. The van der Waals surface area contributed by atoms with E-state index >= 15 is 0 Å². The van der Waals surface area contributed by atoms with E-state index < -0.39 is 0 Å². The van der Waals surface area contributed by atoms with Gasteiger partial charge in [0.25, 0.3) is 0 Å². The highest BCUT2D eigenvalue weighted by Crippen LogP contribution is 2.36. The van der Waals surface area contributed by atoms with Crippen LogP contribution in [0.3, 0.4) is 0 Å². The fourth-order valence-electron chi connectivity index (χ4n) is 4.02. The van der Waals surface area contributed by atoms with Gasteiger partial charge in [-0.25, -0.2) is 0 Å². The molecule has 2 aliphatic rings. The molecule has 2 heterocycles. The molecule has 2 aliphatic heterocycles. The van der Waals surface area contributed by atoms with Crippen LogP contribution in [0.15, 0.2) is 0 Å². The smallest absolute Gasteiger partial charge is 0.306 e. The number of hydrogen-bond acceptors (Lipinski definition) is 2. The summed E-state index contributed by atoms with van der Waals surface area (Å²) in [5.41, 5.74) is 0. The Balaban J connectivity index is 1.87. The van der Waals surface area contributed by atoms with Gasteiger partial charge in [0.1, 0.15) is 0 Å². The van der Waals surface area contributed by atoms with Crippen LogP contribution in [0.5, 0.6) is 0 Å². The molecular weight excluding hydrogens is 238 g/mol. The fourth-order valence-corrected chi connectivity index (χ4v) is 4.02. The molecule has 0 N–H and O–H groups in total. The third-order valence-corrected chi connectivity index (χ3v) is 5.04. The summed E-state index contributed by atoms with van der Waals surface area (Å²) in [5, 5.41) is 0. The van der Waals surface area contributed by atoms with Gasteiger partial charge in [-0.2, -0.15) is 0 Å². The summed E-state index contributed by atoms with van der Waals surface area (Å²) in [6.45, 7) is 7.43. The van der Waals surface area contributed by atoms with Crippen LogP contribution in [-0.4, -0.2) is 43.2 Å². The molecule has 0 aliphatic carbocycles. The van der Waals surface area contributed by atoms with Gasteiger partial charge in [-0.15, -0.1) is 0 Å². The average Bonchev–Trinajstić information content (AvgIpc) is 2.34. The molecule has 0 saturated carbocycles. The quantitative estimate of drug-likeness (QED) is 0.579. The lowest BCUT2D eigenvalue weighted by Crippen LogP contribution is -2.61. The number of piperidine rings is 2. The zero-order valence-electron chi connectivity index (χ0n) is 12.9. The molecule has 0 amide bonds. The minimum atomic E-state index is -0.00872. The number of hydrogen-bond donors (Lipinski definition) is 0. The van der Waals surface area contributed by atoms with Gasteiger partial charge in [0, 0.05) is 18.8 Å². The topological polar surface area (TPSA) is 26.3 Å². The molecule has 0 bridgehead atoms. The van der Waals surface area contributed by atoms with Crippen molar-refractivity contribution in [2.45, 2.75) is 58.4 Å². The molecule has 0 unspecified atom stereocenters. The molecule has 3 heteroatoms. The highest BCUT2D eigenvalue weighted by atomic mass is 16.5.